The Kier molecular flexibility index (Phi) is 5.19. The average molecular weight is 258 g/mol. The first-order valence-electron chi connectivity index (χ1n) is 6.78. The Morgan fingerprint density at radius 2 is 1.95 bits per heavy atom. The van der Waals surface area contributed by atoms with Gasteiger partial charge in [0, 0.05) is 38.6 Å². The molecule has 1 aromatic carbocycles. The van der Waals surface area contributed by atoms with Gasteiger partial charge in [-0.2, -0.15) is 0 Å². The van der Waals surface area contributed by atoms with E-state index in [1.807, 2.05) is 6.07 Å². The highest BCUT2D eigenvalue weighted by Gasteiger charge is 2.10. The number of nitrogens with zero attached hydrogens (tertiary/aromatic N) is 1. The summed E-state index contributed by atoms with van der Waals surface area (Å²) >= 11 is 0. The van der Waals surface area contributed by atoms with Crippen molar-refractivity contribution in [3.63, 3.8) is 0 Å². The molecular formula is C16H22N2O. The number of hydrogen-bond donors (Lipinski definition) is 2. The van der Waals surface area contributed by atoms with Gasteiger partial charge in [-0.3, -0.25) is 0 Å². The highest BCUT2D eigenvalue weighted by Crippen LogP contribution is 2.18. The lowest BCUT2D eigenvalue weighted by Gasteiger charge is -2.17. The first kappa shape index (κ1) is 13.8. The van der Waals surface area contributed by atoms with Crippen molar-refractivity contribution in [3.8, 4) is 0 Å². The van der Waals surface area contributed by atoms with Gasteiger partial charge in [0.25, 0.3) is 0 Å². The van der Waals surface area contributed by atoms with Gasteiger partial charge in [0.15, 0.2) is 0 Å². The summed E-state index contributed by atoms with van der Waals surface area (Å²) in [5.41, 5.74) is 2.56. The van der Waals surface area contributed by atoms with Crippen molar-refractivity contribution >= 4 is 0 Å². The van der Waals surface area contributed by atoms with E-state index in [-0.39, 0.29) is 6.61 Å². The fourth-order valence-electron chi connectivity index (χ4n) is 2.32. The summed E-state index contributed by atoms with van der Waals surface area (Å²) in [6.45, 7) is 1.97. The quantitative estimate of drug-likeness (QED) is 0.799. The minimum atomic E-state index is 0.228. The molecule has 0 saturated heterocycles. The number of hydrogen-bond acceptors (Lipinski definition) is 2. The van der Waals surface area contributed by atoms with E-state index in [1.165, 1.54) is 11.3 Å². The van der Waals surface area contributed by atoms with Crippen molar-refractivity contribution in [1.82, 2.24) is 9.88 Å². The van der Waals surface area contributed by atoms with E-state index in [4.69, 9.17) is 0 Å². The standard InChI is InChI=1S/C16H22N2O/c1-18-10-5-8-16(18)13-17-12-15(9-11-19)14-6-3-2-4-7-14/h2-8,10,15,17,19H,9,11-13H2,1H3. The van der Waals surface area contributed by atoms with Crippen LogP contribution in [0.4, 0.5) is 0 Å². The third kappa shape index (κ3) is 3.94. The Morgan fingerprint density at radius 3 is 2.58 bits per heavy atom. The molecule has 0 radical (unpaired) electrons. The molecule has 3 nitrogen and oxygen atoms in total. The lowest BCUT2D eigenvalue weighted by atomic mass is 9.96. The van der Waals surface area contributed by atoms with Gasteiger partial charge in [-0.15, -0.1) is 0 Å². The molecule has 2 aromatic rings. The Balaban J connectivity index is 1.89. The summed E-state index contributed by atoms with van der Waals surface area (Å²) < 4.78 is 2.12. The van der Waals surface area contributed by atoms with Crippen molar-refractivity contribution in [1.29, 1.82) is 0 Å². The molecule has 0 aliphatic rings. The third-order valence-electron chi connectivity index (χ3n) is 3.50. The Hall–Kier alpha value is -1.58. The zero-order valence-electron chi connectivity index (χ0n) is 11.4. The van der Waals surface area contributed by atoms with Crippen molar-refractivity contribution in [2.24, 2.45) is 7.05 Å². The van der Waals surface area contributed by atoms with Crippen molar-refractivity contribution in [2.75, 3.05) is 13.2 Å². The van der Waals surface area contributed by atoms with E-state index in [9.17, 15) is 5.11 Å². The lowest BCUT2D eigenvalue weighted by molar-refractivity contribution is 0.273. The molecular weight excluding hydrogens is 236 g/mol. The molecule has 0 aliphatic carbocycles. The van der Waals surface area contributed by atoms with Crippen LogP contribution in [-0.4, -0.2) is 22.8 Å². The second-order valence-corrected chi connectivity index (χ2v) is 4.86. The minimum Gasteiger partial charge on any atom is -0.396 e. The van der Waals surface area contributed by atoms with Gasteiger partial charge in [-0.05, 0) is 30.0 Å². The molecule has 0 bridgehead atoms. The van der Waals surface area contributed by atoms with Crippen molar-refractivity contribution in [3.05, 3.63) is 59.9 Å². The van der Waals surface area contributed by atoms with E-state index in [1.54, 1.807) is 0 Å². The molecule has 1 heterocycles. The van der Waals surface area contributed by atoms with Crippen LogP contribution < -0.4 is 5.32 Å². The molecule has 2 rings (SSSR count). The third-order valence-corrected chi connectivity index (χ3v) is 3.50. The van der Waals surface area contributed by atoms with Gasteiger partial charge in [0.1, 0.15) is 0 Å². The smallest absolute Gasteiger partial charge is 0.0437 e. The first-order valence-corrected chi connectivity index (χ1v) is 6.78. The molecule has 1 aromatic heterocycles. The predicted octanol–water partition coefficient (Wildman–Crippen LogP) is 2.28. The molecule has 0 saturated carbocycles. The minimum absolute atomic E-state index is 0.228. The summed E-state index contributed by atoms with van der Waals surface area (Å²) in [5, 5.41) is 12.7. The number of benzene rings is 1. The number of aliphatic hydroxyl groups excluding tert-OH is 1. The molecule has 0 spiro atoms. The summed E-state index contributed by atoms with van der Waals surface area (Å²) in [7, 11) is 2.05. The molecule has 1 unspecified atom stereocenters. The van der Waals surface area contributed by atoms with Crippen LogP contribution in [0, 0.1) is 0 Å². The average Bonchev–Trinajstić information content (AvgIpc) is 2.84. The molecule has 1 atom stereocenters. The van der Waals surface area contributed by atoms with Gasteiger partial charge in [-0.25, -0.2) is 0 Å². The van der Waals surface area contributed by atoms with Gasteiger partial charge in [0.05, 0.1) is 0 Å². The van der Waals surface area contributed by atoms with Gasteiger partial charge in [0.2, 0.25) is 0 Å². The number of aromatic nitrogens is 1. The van der Waals surface area contributed by atoms with Crippen LogP contribution in [-0.2, 0) is 13.6 Å². The summed E-state index contributed by atoms with van der Waals surface area (Å²) in [4.78, 5) is 0. The fourth-order valence-corrected chi connectivity index (χ4v) is 2.32. The van der Waals surface area contributed by atoms with Crippen molar-refractivity contribution < 1.29 is 5.11 Å². The number of nitrogens with one attached hydrogen (secondary N) is 1. The molecule has 3 heteroatoms. The summed E-state index contributed by atoms with van der Waals surface area (Å²) in [5.74, 6) is 0.367. The maximum atomic E-state index is 9.19. The maximum Gasteiger partial charge on any atom is 0.0437 e. The zero-order valence-corrected chi connectivity index (χ0v) is 11.4. The monoisotopic (exact) mass is 258 g/mol. The van der Waals surface area contributed by atoms with Crippen LogP contribution in [0.2, 0.25) is 0 Å². The van der Waals surface area contributed by atoms with E-state index in [0.29, 0.717) is 5.92 Å². The Bertz CT molecular complexity index is 479. The summed E-state index contributed by atoms with van der Waals surface area (Å²) in [6.07, 6.45) is 2.85. The lowest BCUT2D eigenvalue weighted by Crippen LogP contribution is -2.23. The largest absolute Gasteiger partial charge is 0.396 e. The Morgan fingerprint density at radius 1 is 1.16 bits per heavy atom. The van der Waals surface area contributed by atoms with E-state index >= 15 is 0 Å². The normalized spacial score (nSPS) is 12.5. The Labute approximate surface area is 114 Å². The predicted molar refractivity (Wildman–Crippen MR) is 78.0 cm³/mol. The fraction of sp³-hybridized carbons (Fsp3) is 0.375. The zero-order chi connectivity index (χ0) is 13.5. The van der Waals surface area contributed by atoms with Gasteiger partial charge in [-0.1, -0.05) is 30.3 Å². The SMILES string of the molecule is Cn1cccc1CNCC(CCO)c1ccccc1. The van der Waals surface area contributed by atoms with E-state index in [0.717, 1.165) is 19.5 Å². The van der Waals surface area contributed by atoms with Gasteiger partial charge >= 0.3 is 0 Å². The molecule has 19 heavy (non-hydrogen) atoms. The van der Waals surface area contributed by atoms with Crippen LogP contribution >= 0.6 is 0 Å². The van der Waals surface area contributed by atoms with Crippen LogP contribution in [0.25, 0.3) is 0 Å². The molecule has 2 N–H and O–H groups in total. The highest BCUT2D eigenvalue weighted by atomic mass is 16.3. The van der Waals surface area contributed by atoms with Crippen LogP contribution in [0.3, 0.4) is 0 Å². The maximum absolute atomic E-state index is 9.19. The van der Waals surface area contributed by atoms with Crippen LogP contribution in [0.15, 0.2) is 48.7 Å². The number of aryl methyl sites for hydroxylation is 1. The molecule has 102 valence electrons. The topological polar surface area (TPSA) is 37.2 Å². The van der Waals surface area contributed by atoms with Crippen molar-refractivity contribution in [2.45, 2.75) is 18.9 Å². The van der Waals surface area contributed by atoms with Crippen LogP contribution in [0.5, 0.6) is 0 Å². The summed E-state index contributed by atoms with van der Waals surface area (Å²) in [6, 6.07) is 14.6. The second kappa shape index (κ2) is 7.12. The highest BCUT2D eigenvalue weighted by molar-refractivity contribution is 5.20. The number of rotatable bonds is 7. The molecule has 0 amide bonds. The second-order valence-electron chi connectivity index (χ2n) is 4.86. The molecule has 0 aliphatic heterocycles. The van der Waals surface area contributed by atoms with Crippen LogP contribution in [0.1, 0.15) is 23.6 Å². The van der Waals surface area contributed by atoms with E-state index in [2.05, 4.69) is 59.5 Å². The number of aliphatic hydroxyl groups is 1. The van der Waals surface area contributed by atoms with E-state index < -0.39 is 0 Å². The first-order chi connectivity index (χ1) is 9.31. The van der Waals surface area contributed by atoms with Gasteiger partial charge < -0.3 is 15.0 Å². The molecule has 0 fully saturated rings.